The van der Waals surface area contributed by atoms with Crippen LogP contribution in [0.1, 0.15) is 23.8 Å². The lowest BCUT2D eigenvalue weighted by molar-refractivity contribution is -0.113. The molecule has 0 unspecified atom stereocenters. The number of thioether (sulfide) groups is 1. The first-order valence-electron chi connectivity index (χ1n) is 10.2. The Bertz CT molecular complexity index is 1170. The maximum Gasteiger partial charge on any atom is 0.234 e. The van der Waals surface area contributed by atoms with Crippen molar-refractivity contribution in [3.8, 4) is 11.4 Å². The number of hydrogen-bond donors (Lipinski definition) is 1. The number of anilines is 1. The zero-order valence-corrected chi connectivity index (χ0v) is 18.4. The number of nitrogens with one attached hydrogen (secondary N) is 1. The van der Waals surface area contributed by atoms with Crippen LogP contribution in [-0.2, 0) is 17.8 Å². The molecule has 7 heteroatoms. The Kier molecular flexibility index (Phi) is 6.52. The van der Waals surface area contributed by atoms with Crippen molar-refractivity contribution in [3.63, 3.8) is 0 Å². The van der Waals surface area contributed by atoms with E-state index in [1.807, 2.05) is 66.1 Å². The molecule has 0 fully saturated rings. The smallest absolute Gasteiger partial charge is 0.234 e. The Hall–Kier alpha value is -3.32. The summed E-state index contributed by atoms with van der Waals surface area (Å²) in [4.78, 5) is 12.6. The van der Waals surface area contributed by atoms with Crippen LogP contribution in [0.3, 0.4) is 0 Å². The highest BCUT2D eigenvalue weighted by molar-refractivity contribution is 7.99. The second-order valence-corrected chi connectivity index (χ2v) is 8.13. The second kappa shape index (κ2) is 9.66. The van der Waals surface area contributed by atoms with Crippen LogP contribution >= 0.6 is 11.8 Å². The number of carbonyl (C=O) groups excluding carboxylic acids is 1. The summed E-state index contributed by atoms with van der Waals surface area (Å²) in [6.45, 7) is 4.61. The van der Waals surface area contributed by atoms with Crippen LogP contribution in [-0.4, -0.2) is 26.4 Å². The molecule has 6 nitrogen and oxygen atoms in total. The lowest BCUT2D eigenvalue weighted by Gasteiger charge is -2.11. The lowest BCUT2D eigenvalue weighted by Crippen LogP contribution is -2.16. The summed E-state index contributed by atoms with van der Waals surface area (Å²) < 4.78 is 7.53. The van der Waals surface area contributed by atoms with E-state index in [9.17, 15) is 4.79 Å². The average Bonchev–Trinajstić information content (AvgIpc) is 3.43. The van der Waals surface area contributed by atoms with Crippen molar-refractivity contribution in [1.29, 1.82) is 0 Å². The van der Waals surface area contributed by atoms with E-state index in [1.54, 1.807) is 6.26 Å². The molecule has 0 aliphatic rings. The molecule has 0 radical (unpaired) electrons. The van der Waals surface area contributed by atoms with Crippen molar-refractivity contribution in [2.45, 2.75) is 32.0 Å². The Labute approximate surface area is 185 Å². The molecular formula is C24H24N4O2S. The van der Waals surface area contributed by atoms with Crippen LogP contribution in [0.5, 0.6) is 0 Å². The first-order chi connectivity index (χ1) is 15.1. The number of para-hydroxylation sites is 1. The summed E-state index contributed by atoms with van der Waals surface area (Å²) >= 11 is 1.37. The van der Waals surface area contributed by atoms with Gasteiger partial charge in [0.05, 0.1) is 18.6 Å². The van der Waals surface area contributed by atoms with E-state index in [4.69, 9.17) is 4.42 Å². The lowest BCUT2D eigenvalue weighted by atomic mass is 10.1. The molecule has 0 spiro atoms. The Morgan fingerprint density at radius 3 is 2.74 bits per heavy atom. The number of carbonyl (C=O) groups is 1. The first-order valence-corrected chi connectivity index (χ1v) is 11.2. The van der Waals surface area contributed by atoms with E-state index in [0.29, 0.717) is 11.7 Å². The third-order valence-corrected chi connectivity index (χ3v) is 5.86. The zero-order valence-electron chi connectivity index (χ0n) is 17.5. The molecule has 2 heterocycles. The van der Waals surface area contributed by atoms with Crippen LogP contribution in [0.15, 0.2) is 76.5 Å². The molecule has 0 saturated carbocycles. The number of benzene rings is 2. The van der Waals surface area contributed by atoms with E-state index in [2.05, 4.69) is 28.5 Å². The van der Waals surface area contributed by atoms with Crippen molar-refractivity contribution >= 4 is 23.4 Å². The van der Waals surface area contributed by atoms with Crippen molar-refractivity contribution < 1.29 is 9.21 Å². The van der Waals surface area contributed by atoms with Gasteiger partial charge in [0.15, 0.2) is 11.0 Å². The summed E-state index contributed by atoms with van der Waals surface area (Å²) in [5, 5.41) is 12.5. The fraction of sp³-hybridized carbons (Fsp3) is 0.208. The minimum atomic E-state index is -0.0736. The summed E-state index contributed by atoms with van der Waals surface area (Å²) in [5.41, 5.74) is 4.09. The quantitative estimate of drug-likeness (QED) is 0.388. The number of aromatic nitrogens is 3. The second-order valence-electron chi connectivity index (χ2n) is 7.19. The third-order valence-electron chi connectivity index (χ3n) is 4.89. The van der Waals surface area contributed by atoms with Crippen molar-refractivity contribution in [2.75, 3.05) is 11.1 Å². The van der Waals surface area contributed by atoms with Crippen LogP contribution in [0.25, 0.3) is 11.4 Å². The summed E-state index contributed by atoms with van der Waals surface area (Å²) in [6.07, 6.45) is 2.51. The standard InChI is InChI=1S/C24H24N4O2S/c1-3-18-9-4-5-12-21(18)25-22(29)16-31-24-27-26-23(19-10-6-8-17(2)14-19)28(24)15-20-11-7-13-30-20/h4-14H,3,15-16H2,1-2H3,(H,25,29). The van der Waals surface area contributed by atoms with Gasteiger partial charge < -0.3 is 9.73 Å². The molecular weight excluding hydrogens is 408 g/mol. The van der Waals surface area contributed by atoms with Crippen LogP contribution < -0.4 is 5.32 Å². The highest BCUT2D eigenvalue weighted by Crippen LogP contribution is 2.26. The number of hydrogen-bond acceptors (Lipinski definition) is 5. The van der Waals surface area contributed by atoms with E-state index >= 15 is 0 Å². The monoisotopic (exact) mass is 432 g/mol. The molecule has 0 saturated heterocycles. The fourth-order valence-corrected chi connectivity index (χ4v) is 4.10. The molecule has 158 valence electrons. The summed E-state index contributed by atoms with van der Waals surface area (Å²) in [6, 6.07) is 19.8. The average molecular weight is 433 g/mol. The Morgan fingerprint density at radius 1 is 1.10 bits per heavy atom. The maximum absolute atomic E-state index is 12.6. The Morgan fingerprint density at radius 2 is 1.97 bits per heavy atom. The largest absolute Gasteiger partial charge is 0.467 e. The predicted molar refractivity (Wildman–Crippen MR) is 123 cm³/mol. The van der Waals surface area contributed by atoms with Crippen molar-refractivity contribution in [2.24, 2.45) is 0 Å². The van der Waals surface area contributed by atoms with Gasteiger partial charge in [-0.3, -0.25) is 9.36 Å². The van der Waals surface area contributed by atoms with E-state index < -0.39 is 0 Å². The third kappa shape index (κ3) is 5.06. The number of amides is 1. The highest BCUT2D eigenvalue weighted by Gasteiger charge is 2.17. The molecule has 1 amide bonds. The molecule has 2 aromatic heterocycles. The van der Waals surface area contributed by atoms with Gasteiger partial charge >= 0.3 is 0 Å². The van der Waals surface area contributed by atoms with Gasteiger partial charge in [-0.05, 0) is 43.2 Å². The molecule has 0 atom stereocenters. The van der Waals surface area contributed by atoms with Gasteiger partial charge in [-0.15, -0.1) is 10.2 Å². The number of furan rings is 1. The Balaban J connectivity index is 1.54. The molecule has 0 aliphatic carbocycles. The van der Waals surface area contributed by atoms with Gasteiger partial charge in [0.1, 0.15) is 5.76 Å². The molecule has 4 rings (SSSR count). The van der Waals surface area contributed by atoms with Crippen molar-refractivity contribution in [1.82, 2.24) is 14.8 Å². The van der Waals surface area contributed by atoms with Gasteiger partial charge in [-0.2, -0.15) is 0 Å². The fourth-order valence-electron chi connectivity index (χ4n) is 3.36. The van der Waals surface area contributed by atoms with E-state index in [0.717, 1.165) is 40.4 Å². The van der Waals surface area contributed by atoms with Gasteiger partial charge in [0.2, 0.25) is 5.91 Å². The number of nitrogens with zero attached hydrogens (tertiary/aromatic N) is 3. The van der Waals surface area contributed by atoms with Crippen LogP contribution in [0, 0.1) is 6.92 Å². The molecule has 1 N–H and O–H groups in total. The van der Waals surface area contributed by atoms with Crippen molar-refractivity contribution in [3.05, 3.63) is 83.8 Å². The van der Waals surface area contributed by atoms with E-state index in [-0.39, 0.29) is 11.7 Å². The van der Waals surface area contributed by atoms with Gasteiger partial charge in [-0.25, -0.2) is 0 Å². The summed E-state index contributed by atoms with van der Waals surface area (Å²) in [7, 11) is 0. The summed E-state index contributed by atoms with van der Waals surface area (Å²) in [5.74, 6) is 1.72. The normalized spacial score (nSPS) is 10.9. The molecule has 4 aromatic rings. The minimum Gasteiger partial charge on any atom is -0.467 e. The molecule has 0 bridgehead atoms. The van der Waals surface area contributed by atoms with Crippen LogP contribution in [0.4, 0.5) is 5.69 Å². The number of aryl methyl sites for hydroxylation is 2. The first kappa shape index (κ1) is 20.9. The predicted octanol–water partition coefficient (Wildman–Crippen LogP) is 5.19. The van der Waals surface area contributed by atoms with Gasteiger partial charge in [-0.1, -0.05) is 60.6 Å². The molecule has 2 aromatic carbocycles. The molecule has 31 heavy (non-hydrogen) atoms. The zero-order chi connectivity index (χ0) is 21.6. The molecule has 0 aliphatic heterocycles. The van der Waals surface area contributed by atoms with Gasteiger partial charge in [0.25, 0.3) is 0 Å². The highest BCUT2D eigenvalue weighted by atomic mass is 32.2. The minimum absolute atomic E-state index is 0.0736. The van der Waals surface area contributed by atoms with Crippen LogP contribution in [0.2, 0.25) is 0 Å². The maximum atomic E-state index is 12.6. The van der Waals surface area contributed by atoms with E-state index in [1.165, 1.54) is 11.8 Å². The SMILES string of the molecule is CCc1ccccc1NC(=O)CSc1nnc(-c2cccc(C)c2)n1Cc1ccco1. The van der Waals surface area contributed by atoms with Gasteiger partial charge in [0, 0.05) is 11.3 Å². The number of rotatable bonds is 8. The topological polar surface area (TPSA) is 73.0 Å².